The molecule has 0 aliphatic rings. The van der Waals surface area contributed by atoms with Crippen LogP contribution >= 0.6 is 0 Å². The van der Waals surface area contributed by atoms with Crippen molar-refractivity contribution in [1.29, 1.82) is 0 Å². The van der Waals surface area contributed by atoms with Crippen LogP contribution in [0.4, 0.5) is 5.69 Å². The zero-order chi connectivity index (χ0) is 12.1. The van der Waals surface area contributed by atoms with Crippen molar-refractivity contribution in [3.8, 4) is 0 Å². The number of rotatable bonds is 5. The Morgan fingerprint density at radius 2 is 2.44 bits per heavy atom. The normalized spacial score (nSPS) is 9.81. The van der Waals surface area contributed by atoms with E-state index in [1.807, 2.05) is 0 Å². The monoisotopic (exact) mass is 225 g/mol. The lowest BCUT2D eigenvalue weighted by Gasteiger charge is -2.04. The van der Waals surface area contributed by atoms with Gasteiger partial charge in [-0.3, -0.25) is 14.8 Å². The smallest absolute Gasteiger partial charge is 0.335 e. The van der Waals surface area contributed by atoms with Gasteiger partial charge in [-0.05, 0) is 6.92 Å². The van der Waals surface area contributed by atoms with Crippen LogP contribution in [0, 0.1) is 10.1 Å². The van der Waals surface area contributed by atoms with Crippen molar-refractivity contribution in [3.63, 3.8) is 0 Å². The first-order valence-electron chi connectivity index (χ1n) is 4.56. The molecular weight excluding hydrogens is 214 g/mol. The van der Waals surface area contributed by atoms with Crippen LogP contribution in [-0.4, -0.2) is 27.3 Å². The first kappa shape index (κ1) is 11.9. The Bertz CT molecular complexity index is 424. The molecule has 0 bridgehead atoms. The average molecular weight is 225 g/mol. The fourth-order valence-corrected chi connectivity index (χ4v) is 1.03. The fraction of sp³-hybridized carbons (Fsp3) is 0.333. The van der Waals surface area contributed by atoms with Gasteiger partial charge in [0.2, 0.25) is 0 Å². The van der Waals surface area contributed by atoms with E-state index in [-0.39, 0.29) is 24.4 Å². The molecule has 0 aliphatic carbocycles. The Labute approximate surface area is 91.5 Å². The maximum absolute atomic E-state index is 11.2. The number of hydrogen-bond acceptors (Lipinski definition) is 5. The lowest BCUT2D eigenvalue weighted by molar-refractivity contribution is -0.385. The van der Waals surface area contributed by atoms with Crippen molar-refractivity contribution in [2.75, 3.05) is 6.61 Å². The molecule has 0 amide bonds. The summed E-state index contributed by atoms with van der Waals surface area (Å²) >= 11 is 0. The number of hydrogen-bond donors (Lipinski definition) is 0. The minimum atomic E-state index is -0.559. The second-order valence-corrected chi connectivity index (χ2v) is 2.98. The Morgan fingerprint density at radius 3 is 2.94 bits per heavy atom. The summed E-state index contributed by atoms with van der Waals surface area (Å²) in [5.41, 5.74) is 0.0662. The van der Waals surface area contributed by atoms with Gasteiger partial charge >= 0.3 is 11.7 Å². The summed E-state index contributed by atoms with van der Waals surface area (Å²) < 4.78 is 5.98. The Morgan fingerprint density at radius 1 is 1.75 bits per heavy atom. The number of ether oxygens (including phenoxy) is 1. The molecule has 7 nitrogen and oxygen atoms in total. The van der Waals surface area contributed by atoms with Gasteiger partial charge < -0.3 is 4.74 Å². The van der Waals surface area contributed by atoms with Gasteiger partial charge in [0.15, 0.2) is 0 Å². The van der Waals surface area contributed by atoms with Crippen molar-refractivity contribution >= 4 is 11.7 Å². The molecule has 0 aromatic carbocycles. The highest BCUT2D eigenvalue weighted by molar-refractivity contribution is 5.87. The van der Waals surface area contributed by atoms with Crippen molar-refractivity contribution < 1.29 is 14.5 Å². The molecule has 7 heteroatoms. The molecular formula is C9H11N3O4. The van der Waals surface area contributed by atoms with E-state index in [0.717, 1.165) is 6.20 Å². The van der Waals surface area contributed by atoms with Gasteiger partial charge in [0.25, 0.3) is 0 Å². The van der Waals surface area contributed by atoms with Gasteiger partial charge in [-0.25, -0.2) is 4.79 Å². The summed E-state index contributed by atoms with van der Waals surface area (Å²) in [5, 5.41) is 14.1. The van der Waals surface area contributed by atoms with Crippen LogP contribution < -0.4 is 0 Å². The predicted octanol–water partition coefficient (Wildman–Crippen LogP) is 0.911. The standard InChI is InChI=1S/C9H11N3O4/c1-3-16-9(13)7(2)5-11-6-8(4-10-11)12(14)15/h4,6H,2-3,5H2,1H3. The molecule has 0 unspecified atom stereocenters. The molecule has 0 saturated heterocycles. The number of esters is 1. The molecule has 1 aromatic heterocycles. The zero-order valence-corrected chi connectivity index (χ0v) is 8.75. The Hall–Kier alpha value is -2.18. The third kappa shape index (κ3) is 2.91. The van der Waals surface area contributed by atoms with Crippen molar-refractivity contribution in [2.24, 2.45) is 0 Å². The summed E-state index contributed by atoms with van der Waals surface area (Å²) in [5.74, 6) is -0.527. The van der Waals surface area contributed by atoms with Gasteiger partial charge in [0.05, 0.1) is 23.6 Å². The summed E-state index contributed by atoms with van der Waals surface area (Å²) in [7, 11) is 0. The molecule has 1 rings (SSSR count). The van der Waals surface area contributed by atoms with Crippen LogP contribution in [0.2, 0.25) is 0 Å². The number of nitro groups is 1. The molecule has 1 aromatic rings. The van der Waals surface area contributed by atoms with E-state index in [4.69, 9.17) is 4.74 Å². The maximum Gasteiger partial charge on any atom is 0.335 e. The van der Waals surface area contributed by atoms with Gasteiger partial charge in [-0.2, -0.15) is 5.10 Å². The number of carbonyl (C=O) groups is 1. The van der Waals surface area contributed by atoms with Crippen LogP contribution in [0.25, 0.3) is 0 Å². The van der Waals surface area contributed by atoms with Gasteiger partial charge in [-0.15, -0.1) is 0 Å². The molecule has 0 radical (unpaired) electrons. The largest absolute Gasteiger partial charge is 0.463 e. The molecule has 16 heavy (non-hydrogen) atoms. The third-order valence-electron chi connectivity index (χ3n) is 1.75. The molecule has 0 fully saturated rings. The van der Waals surface area contributed by atoms with Gasteiger partial charge in [-0.1, -0.05) is 6.58 Å². The van der Waals surface area contributed by atoms with Crippen molar-refractivity contribution in [3.05, 3.63) is 34.7 Å². The van der Waals surface area contributed by atoms with E-state index in [2.05, 4.69) is 11.7 Å². The minimum absolute atomic E-state index is 0.0761. The maximum atomic E-state index is 11.2. The van der Waals surface area contributed by atoms with E-state index < -0.39 is 10.9 Å². The minimum Gasteiger partial charge on any atom is -0.463 e. The second-order valence-electron chi connectivity index (χ2n) is 2.98. The molecule has 0 saturated carbocycles. The second kappa shape index (κ2) is 5.06. The summed E-state index contributed by atoms with van der Waals surface area (Å²) in [6.07, 6.45) is 2.34. The van der Waals surface area contributed by atoms with Crippen molar-refractivity contribution in [2.45, 2.75) is 13.5 Å². The lowest BCUT2D eigenvalue weighted by atomic mass is 10.3. The highest BCUT2D eigenvalue weighted by Gasteiger charge is 2.12. The van der Waals surface area contributed by atoms with Crippen LogP contribution in [0.5, 0.6) is 0 Å². The first-order chi connectivity index (χ1) is 7.54. The van der Waals surface area contributed by atoms with Crippen LogP contribution in [0.1, 0.15) is 6.92 Å². The van der Waals surface area contributed by atoms with Crippen LogP contribution in [0.3, 0.4) is 0 Å². The highest BCUT2D eigenvalue weighted by Crippen LogP contribution is 2.09. The van der Waals surface area contributed by atoms with E-state index in [1.54, 1.807) is 6.92 Å². The van der Waals surface area contributed by atoms with Crippen LogP contribution in [-0.2, 0) is 16.1 Å². The topological polar surface area (TPSA) is 87.3 Å². The van der Waals surface area contributed by atoms with Crippen molar-refractivity contribution in [1.82, 2.24) is 9.78 Å². The molecule has 0 spiro atoms. The molecule has 0 aliphatic heterocycles. The van der Waals surface area contributed by atoms with Gasteiger partial charge in [0.1, 0.15) is 12.4 Å². The number of nitrogens with zero attached hydrogens (tertiary/aromatic N) is 3. The molecule has 0 N–H and O–H groups in total. The van der Waals surface area contributed by atoms with E-state index >= 15 is 0 Å². The first-order valence-corrected chi connectivity index (χ1v) is 4.56. The predicted molar refractivity (Wildman–Crippen MR) is 54.7 cm³/mol. The summed E-state index contributed by atoms with van der Waals surface area (Å²) in [6.45, 7) is 5.54. The molecule has 0 atom stereocenters. The van der Waals surface area contributed by atoms with E-state index in [0.29, 0.717) is 0 Å². The molecule has 86 valence electrons. The summed E-state index contributed by atoms with van der Waals surface area (Å²) in [4.78, 5) is 21.0. The Balaban J connectivity index is 2.63. The lowest BCUT2D eigenvalue weighted by Crippen LogP contribution is -2.12. The van der Waals surface area contributed by atoms with Gasteiger partial charge in [0, 0.05) is 0 Å². The highest BCUT2D eigenvalue weighted by atomic mass is 16.6. The molecule has 1 heterocycles. The fourth-order valence-electron chi connectivity index (χ4n) is 1.03. The third-order valence-corrected chi connectivity index (χ3v) is 1.75. The van der Waals surface area contributed by atoms with E-state index in [1.165, 1.54) is 10.9 Å². The number of carbonyl (C=O) groups excluding carboxylic acids is 1. The quantitative estimate of drug-likeness (QED) is 0.321. The van der Waals surface area contributed by atoms with E-state index in [9.17, 15) is 14.9 Å². The number of aromatic nitrogens is 2. The average Bonchev–Trinajstić information content (AvgIpc) is 2.66. The SMILES string of the molecule is C=C(Cn1cc([N+](=O)[O-])cn1)C(=O)OCC. The zero-order valence-electron chi connectivity index (χ0n) is 8.75. The summed E-state index contributed by atoms with van der Waals surface area (Å²) in [6, 6.07) is 0. The Kier molecular flexibility index (Phi) is 3.76. The van der Waals surface area contributed by atoms with Crippen LogP contribution in [0.15, 0.2) is 24.5 Å².